The first-order chi connectivity index (χ1) is 12.2. The minimum atomic E-state index is -4.79. The summed E-state index contributed by atoms with van der Waals surface area (Å²) in [4.78, 5) is 0. The largest absolute Gasteiger partial charge is 0.466 e. The minimum Gasteiger partial charge on any atom is -0.396 e. The van der Waals surface area contributed by atoms with Crippen molar-refractivity contribution in [3.8, 4) is 0 Å². The molecule has 26 heavy (non-hydrogen) atoms. The molecule has 0 spiro atoms. The molecule has 0 saturated heterocycles. The van der Waals surface area contributed by atoms with E-state index in [1.165, 1.54) is 0 Å². The fourth-order valence-electron chi connectivity index (χ4n) is 2.71. The molecule has 5 N–H and O–H groups in total. The molecule has 9 nitrogen and oxygen atoms in total. The maximum atomic E-state index is 10.8. The van der Waals surface area contributed by atoms with Crippen LogP contribution in [0.15, 0.2) is 35.5 Å². The van der Waals surface area contributed by atoms with E-state index in [9.17, 15) is 28.8 Å². The number of hydrogen-bond acceptors (Lipinski definition) is 9. The molecule has 2 rings (SSSR count). The second kappa shape index (κ2) is 9.13. The van der Waals surface area contributed by atoms with Crippen LogP contribution in [0.4, 0.5) is 0 Å². The Bertz CT molecular complexity index is 710. The van der Waals surface area contributed by atoms with Gasteiger partial charge in [0.1, 0.15) is 11.1 Å². The van der Waals surface area contributed by atoms with Gasteiger partial charge >= 0.3 is 10.4 Å². The number of aliphatic hydroxyl groups excluding tert-OH is 4. The standard InChI is InChI=1S/C15H21NO8S2/c17-8-10-7-11(14(19)15(20)13(10)18)25-12(16-24-26(21,22)23)6-9-4-2-1-3-5-9/h1-5,10-11,13-15,17-20H,6-8H2,(H,21,22,23)/b16-12-. The highest BCUT2D eigenvalue weighted by molar-refractivity contribution is 8.14. The first-order valence-corrected chi connectivity index (χ1v) is 10.0. The van der Waals surface area contributed by atoms with Crippen molar-refractivity contribution < 1.29 is 37.7 Å². The van der Waals surface area contributed by atoms with Gasteiger partial charge in [0, 0.05) is 24.2 Å². The monoisotopic (exact) mass is 407 g/mol. The quantitative estimate of drug-likeness (QED) is 0.182. The maximum Gasteiger partial charge on any atom is 0.466 e. The van der Waals surface area contributed by atoms with Gasteiger partial charge in [0.2, 0.25) is 0 Å². The molecule has 5 atom stereocenters. The van der Waals surface area contributed by atoms with Crippen LogP contribution in [0.2, 0.25) is 0 Å². The topological polar surface area (TPSA) is 157 Å². The summed E-state index contributed by atoms with van der Waals surface area (Å²) < 4.78 is 34.4. The summed E-state index contributed by atoms with van der Waals surface area (Å²) in [5, 5.41) is 42.2. The Labute approximate surface area is 155 Å². The van der Waals surface area contributed by atoms with Gasteiger partial charge in [0.05, 0.1) is 12.2 Å². The first-order valence-electron chi connectivity index (χ1n) is 7.80. The third-order valence-electron chi connectivity index (χ3n) is 4.05. The zero-order chi connectivity index (χ0) is 19.3. The molecule has 1 aromatic rings. The maximum absolute atomic E-state index is 10.8. The van der Waals surface area contributed by atoms with E-state index in [0.29, 0.717) is 0 Å². The van der Waals surface area contributed by atoms with E-state index in [2.05, 4.69) is 9.44 Å². The predicted octanol–water partition coefficient (Wildman–Crippen LogP) is -0.441. The Morgan fingerprint density at radius 3 is 2.38 bits per heavy atom. The molecule has 0 heterocycles. The number of aliphatic hydroxyl groups is 4. The van der Waals surface area contributed by atoms with E-state index in [4.69, 9.17) is 4.55 Å². The lowest BCUT2D eigenvalue weighted by Crippen LogP contribution is -2.53. The molecule has 5 unspecified atom stereocenters. The Hall–Kier alpha value is -1.21. The van der Waals surface area contributed by atoms with Crippen molar-refractivity contribution in [2.45, 2.75) is 36.4 Å². The van der Waals surface area contributed by atoms with Gasteiger partial charge in [-0.25, -0.2) is 4.28 Å². The Balaban J connectivity index is 2.19. The van der Waals surface area contributed by atoms with Crippen LogP contribution < -0.4 is 0 Å². The zero-order valence-corrected chi connectivity index (χ0v) is 15.3. The third kappa shape index (κ3) is 5.91. The number of hydrogen-bond donors (Lipinski definition) is 5. The van der Waals surface area contributed by atoms with Crippen molar-refractivity contribution in [1.29, 1.82) is 0 Å². The fraction of sp³-hybridized carbons (Fsp3) is 0.533. The van der Waals surface area contributed by atoms with Crippen LogP contribution in [0.5, 0.6) is 0 Å². The van der Waals surface area contributed by atoms with Gasteiger partial charge in [-0.3, -0.25) is 4.55 Å². The number of thioether (sulfide) groups is 1. The highest BCUT2D eigenvalue weighted by Crippen LogP contribution is 2.34. The summed E-state index contributed by atoms with van der Waals surface area (Å²) in [6.45, 7) is -0.380. The number of nitrogens with zero attached hydrogens (tertiary/aromatic N) is 1. The number of rotatable bonds is 6. The number of benzene rings is 1. The molecule has 0 aromatic heterocycles. The summed E-state index contributed by atoms with van der Waals surface area (Å²) in [5.41, 5.74) is 0.780. The molecule has 1 fully saturated rings. The average molecular weight is 407 g/mol. The molecule has 0 aliphatic heterocycles. The SMILES string of the molecule is O=S(=O)(O)O/N=C(/Cc1ccccc1)SC1CC(CO)C(O)C(O)C1O. The molecule has 1 aliphatic rings. The third-order valence-corrected chi connectivity index (χ3v) is 5.58. The molecule has 0 amide bonds. The van der Waals surface area contributed by atoms with Crippen LogP contribution in [-0.2, 0) is 21.1 Å². The Morgan fingerprint density at radius 2 is 1.81 bits per heavy atom. The second-order valence-electron chi connectivity index (χ2n) is 5.96. The van der Waals surface area contributed by atoms with E-state index in [1.807, 2.05) is 0 Å². The molecular formula is C15H21NO8S2. The van der Waals surface area contributed by atoms with Gasteiger partial charge < -0.3 is 20.4 Å². The fourth-order valence-corrected chi connectivity index (χ4v) is 4.26. The average Bonchev–Trinajstić information content (AvgIpc) is 2.60. The van der Waals surface area contributed by atoms with Gasteiger partial charge in [0.25, 0.3) is 0 Å². The summed E-state index contributed by atoms with van der Waals surface area (Å²) in [6.07, 6.45) is -3.72. The smallest absolute Gasteiger partial charge is 0.396 e. The summed E-state index contributed by atoms with van der Waals surface area (Å²) in [6, 6.07) is 8.90. The van der Waals surface area contributed by atoms with Crippen molar-refractivity contribution in [3.05, 3.63) is 35.9 Å². The van der Waals surface area contributed by atoms with Gasteiger partial charge in [-0.1, -0.05) is 35.5 Å². The van der Waals surface area contributed by atoms with Crippen LogP contribution in [-0.4, -0.2) is 68.6 Å². The van der Waals surface area contributed by atoms with E-state index < -0.39 is 39.9 Å². The highest BCUT2D eigenvalue weighted by Gasteiger charge is 2.43. The van der Waals surface area contributed by atoms with Gasteiger partial charge in [0.15, 0.2) is 0 Å². The second-order valence-corrected chi connectivity index (χ2v) is 8.27. The molecule has 1 aliphatic carbocycles. The summed E-state index contributed by atoms with van der Waals surface area (Å²) in [5.74, 6) is -0.647. The molecule has 11 heteroatoms. The lowest BCUT2D eigenvalue weighted by molar-refractivity contribution is -0.114. The van der Waals surface area contributed by atoms with Crippen molar-refractivity contribution in [3.63, 3.8) is 0 Å². The van der Waals surface area contributed by atoms with Crippen LogP contribution in [0.1, 0.15) is 12.0 Å². The lowest BCUT2D eigenvalue weighted by atomic mass is 9.83. The van der Waals surface area contributed by atoms with E-state index in [-0.39, 0.29) is 24.5 Å². The Kier molecular flexibility index (Phi) is 7.41. The summed E-state index contributed by atoms with van der Waals surface area (Å²) >= 11 is 0.951. The zero-order valence-electron chi connectivity index (χ0n) is 13.6. The molecule has 146 valence electrons. The van der Waals surface area contributed by atoms with Crippen LogP contribution in [0.25, 0.3) is 0 Å². The molecule has 1 saturated carbocycles. The van der Waals surface area contributed by atoms with E-state index >= 15 is 0 Å². The van der Waals surface area contributed by atoms with Gasteiger partial charge in [-0.15, -0.1) is 11.8 Å². The van der Waals surface area contributed by atoms with Crippen LogP contribution in [0, 0.1) is 5.92 Å². The van der Waals surface area contributed by atoms with Crippen molar-refractivity contribution >= 4 is 27.2 Å². The van der Waals surface area contributed by atoms with Crippen molar-refractivity contribution in [1.82, 2.24) is 0 Å². The number of oxime groups is 1. The van der Waals surface area contributed by atoms with Crippen LogP contribution >= 0.6 is 11.8 Å². The normalized spacial score (nSPS) is 30.2. The summed E-state index contributed by atoms with van der Waals surface area (Å²) in [7, 11) is -4.79. The van der Waals surface area contributed by atoms with Gasteiger partial charge in [-0.05, 0) is 12.0 Å². The lowest BCUT2D eigenvalue weighted by Gasteiger charge is -2.39. The predicted molar refractivity (Wildman–Crippen MR) is 94.8 cm³/mol. The van der Waals surface area contributed by atoms with E-state index in [1.54, 1.807) is 30.3 Å². The van der Waals surface area contributed by atoms with Crippen molar-refractivity contribution in [2.75, 3.05) is 6.61 Å². The Morgan fingerprint density at radius 1 is 1.15 bits per heavy atom. The molecular weight excluding hydrogens is 386 g/mol. The minimum absolute atomic E-state index is 0.137. The molecule has 0 radical (unpaired) electrons. The van der Waals surface area contributed by atoms with E-state index in [0.717, 1.165) is 17.3 Å². The van der Waals surface area contributed by atoms with Crippen LogP contribution in [0.3, 0.4) is 0 Å². The first kappa shape index (κ1) is 21.1. The highest BCUT2D eigenvalue weighted by atomic mass is 32.3. The molecule has 0 bridgehead atoms. The van der Waals surface area contributed by atoms with Gasteiger partial charge in [-0.2, -0.15) is 8.42 Å². The molecule has 1 aromatic carbocycles. The van der Waals surface area contributed by atoms with Crippen molar-refractivity contribution in [2.24, 2.45) is 11.1 Å².